The van der Waals surface area contributed by atoms with Gasteiger partial charge in [0.1, 0.15) is 0 Å². The molecule has 0 unspecified atom stereocenters. The van der Waals surface area contributed by atoms with Gasteiger partial charge in [-0.05, 0) is 13.8 Å². The first kappa shape index (κ1) is 22.4. The third-order valence-corrected chi connectivity index (χ3v) is 0. The number of carboxylic acids is 2. The molecule has 56 valence electrons. The largest absolute Gasteiger partial charge is 1.00 e. The predicted molar refractivity (Wildman–Crippen MR) is 27.3 cm³/mol. The summed E-state index contributed by atoms with van der Waals surface area (Å²) < 4.78 is 0. The summed E-state index contributed by atoms with van der Waals surface area (Å²) in [6.07, 6.45) is 0. The Balaban J connectivity index is -0.0000000300. The van der Waals surface area contributed by atoms with Gasteiger partial charge in [0, 0.05) is 11.9 Å². The van der Waals surface area contributed by atoms with Gasteiger partial charge in [0.25, 0.3) is 0 Å². The molecule has 0 rings (SSSR count). The summed E-state index contributed by atoms with van der Waals surface area (Å²) in [4.78, 5) is 17.8. The molecule has 0 atom stereocenters. The van der Waals surface area contributed by atoms with E-state index < -0.39 is 11.9 Å². The summed E-state index contributed by atoms with van der Waals surface area (Å²) in [6, 6.07) is 0. The summed E-state index contributed by atoms with van der Waals surface area (Å²) >= 11 is 0. The maximum atomic E-state index is 8.89. The van der Waals surface area contributed by atoms with Crippen LogP contribution < -0.4 is 85.3 Å². The van der Waals surface area contributed by atoms with Crippen molar-refractivity contribution in [3.8, 4) is 0 Å². The number of carboxylic acid groups (broad SMARTS) is 2. The number of hydrogen-bond acceptors (Lipinski definition) is 4. The van der Waals surface area contributed by atoms with E-state index in [1.165, 1.54) is 0 Å². The number of hydrogen-bond donors (Lipinski definition) is 1. The molecule has 0 saturated carbocycles. The van der Waals surface area contributed by atoms with Gasteiger partial charge in [-0.3, -0.25) is 0 Å². The van der Waals surface area contributed by atoms with Crippen molar-refractivity contribution in [2.75, 3.05) is 0 Å². The van der Waals surface area contributed by atoms with E-state index in [0.717, 1.165) is 13.8 Å². The predicted octanol–water partition coefficient (Wildman–Crippen LogP) is -5.11. The fraction of sp³-hybridized carbons (Fsp3) is 0.500. The van der Waals surface area contributed by atoms with Crippen LogP contribution in [0.15, 0.2) is 0 Å². The van der Waals surface area contributed by atoms with E-state index in [-0.39, 0.29) is 75.0 Å². The van der Waals surface area contributed by atoms with Crippen molar-refractivity contribution < 1.29 is 88.7 Å². The molecule has 0 radical (unpaired) electrons. The molecule has 0 aliphatic heterocycles. The average Bonchev–Trinajstić information content (AvgIpc) is 1.25. The van der Waals surface area contributed by atoms with E-state index >= 15 is 0 Å². The van der Waals surface area contributed by atoms with Gasteiger partial charge in [-0.25, -0.2) is 0 Å². The van der Waals surface area contributed by atoms with Gasteiger partial charge < -0.3 is 26.0 Å². The van der Waals surface area contributed by atoms with Crippen molar-refractivity contribution in [3.63, 3.8) is 0 Å². The van der Waals surface area contributed by atoms with Crippen LogP contribution in [0.3, 0.4) is 0 Å². The summed E-state index contributed by atoms with van der Waals surface area (Å²) in [5.74, 6) is -2.17. The first-order valence-corrected chi connectivity index (χ1v) is 1.82. The van der Waals surface area contributed by atoms with Gasteiger partial charge >= 0.3 is 68.9 Å². The van der Waals surface area contributed by atoms with Gasteiger partial charge in [-0.1, -0.05) is 0 Å². The molecule has 0 amide bonds. The molecule has 0 aliphatic carbocycles. The number of carbonyl (C=O) groups is 2. The molecule has 0 bridgehead atoms. The van der Waals surface area contributed by atoms with Crippen molar-refractivity contribution in [1.29, 1.82) is 0 Å². The average molecular weight is 269 g/mol. The van der Waals surface area contributed by atoms with Crippen molar-refractivity contribution in [3.05, 3.63) is 0 Å². The summed E-state index contributed by atoms with van der Waals surface area (Å²) in [6.45, 7) is 1.94. The van der Waals surface area contributed by atoms with Crippen LogP contribution in [0.2, 0.25) is 0 Å². The van der Waals surface area contributed by atoms with Crippen molar-refractivity contribution in [2.45, 2.75) is 13.8 Å². The monoisotopic (exact) mass is 269 g/mol. The SMILES string of the molecule is CC(=O)[O-].CC(=O)[O-].[Cs+].[NH4+]. The van der Waals surface area contributed by atoms with Crippen molar-refractivity contribution in [1.82, 2.24) is 6.15 Å². The zero-order valence-corrected chi connectivity index (χ0v) is 12.9. The second-order valence-corrected chi connectivity index (χ2v) is 0.983. The molecule has 0 fully saturated rings. The molecule has 4 N–H and O–H groups in total. The maximum Gasteiger partial charge on any atom is 1.00 e. The van der Waals surface area contributed by atoms with E-state index in [9.17, 15) is 0 Å². The maximum absolute atomic E-state index is 8.89. The number of quaternary nitrogens is 1. The van der Waals surface area contributed by atoms with Gasteiger partial charge in [0.2, 0.25) is 0 Å². The molecule has 0 aromatic heterocycles. The number of rotatable bonds is 0. The van der Waals surface area contributed by atoms with Crippen LogP contribution in [0, 0.1) is 0 Å². The van der Waals surface area contributed by atoms with E-state index in [4.69, 9.17) is 19.8 Å². The van der Waals surface area contributed by atoms with Gasteiger partial charge in [-0.15, -0.1) is 0 Å². The molecule has 0 saturated heterocycles. The van der Waals surface area contributed by atoms with Crippen LogP contribution in [0.5, 0.6) is 0 Å². The number of aliphatic carboxylic acids is 2. The van der Waals surface area contributed by atoms with Gasteiger partial charge in [0.05, 0.1) is 0 Å². The first-order valence-electron chi connectivity index (χ1n) is 1.82. The van der Waals surface area contributed by atoms with Crippen LogP contribution in [-0.4, -0.2) is 11.9 Å². The Labute approximate surface area is 118 Å². The minimum absolute atomic E-state index is 0. The topological polar surface area (TPSA) is 117 Å². The Hall–Kier alpha value is 0.952. The smallest absolute Gasteiger partial charge is 0.550 e. The standard InChI is InChI=1S/2C2H4O2.Cs.H3N/c2*1-2(3)4;;/h2*1H3,(H,3,4);;1H3/q;;+1;/p-1. The quantitative estimate of drug-likeness (QED) is 0.473. The Morgan fingerprint density at radius 2 is 1.00 bits per heavy atom. The molecule has 0 spiro atoms. The van der Waals surface area contributed by atoms with E-state index in [1.807, 2.05) is 0 Å². The molecular weight excluding hydrogens is 259 g/mol. The fourth-order valence-corrected chi connectivity index (χ4v) is 0. The normalized spacial score (nSPS) is 5.00. The summed E-state index contributed by atoms with van der Waals surface area (Å²) in [7, 11) is 0. The van der Waals surface area contributed by atoms with Crippen LogP contribution >= 0.6 is 0 Å². The molecule has 10 heavy (non-hydrogen) atoms. The molecule has 0 aliphatic rings. The minimum atomic E-state index is -1.08. The van der Waals surface area contributed by atoms with Crippen LogP contribution in [0.25, 0.3) is 0 Å². The zero-order valence-electron chi connectivity index (χ0n) is 6.63. The summed E-state index contributed by atoms with van der Waals surface area (Å²) in [5, 5.41) is 17.8. The second kappa shape index (κ2) is 16.5. The van der Waals surface area contributed by atoms with Crippen LogP contribution in [0.4, 0.5) is 0 Å². The van der Waals surface area contributed by atoms with Crippen LogP contribution in [-0.2, 0) is 9.59 Å². The molecular formula is C4H10CsNO4. The Morgan fingerprint density at radius 1 is 1.00 bits per heavy atom. The second-order valence-electron chi connectivity index (χ2n) is 0.983. The van der Waals surface area contributed by atoms with Gasteiger partial charge in [-0.2, -0.15) is 0 Å². The third kappa shape index (κ3) is 625. The van der Waals surface area contributed by atoms with E-state index in [1.54, 1.807) is 0 Å². The molecule has 0 aromatic rings. The van der Waals surface area contributed by atoms with Gasteiger partial charge in [0.15, 0.2) is 0 Å². The molecule has 0 heterocycles. The Morgan fingerprint density at radius 3 is 1.00 bits per heavy atom. The van der Waals surface area contributed by atoms with E-state index in [0.29, 0.717) is 0 Å². The van der Waals surface area contributed by atoms with Crippen molar-refractivity contribution in [2.24, 2.45) is 0 Å². The van der Waals surface area contributed by atoms with Crippen LogP contribution in [0.1, 0.15) is 13.8 Å². The minimum Gasteiger partial charge on any atom is -0.550 e. The molecule has 6 heteroatoms. The zero-order chi connectivity index (χ0) is 7.15. The Kier molecular flexibility index (Phi) is 37.0. The molecule has 0 aromatic carbocycles. The first-order chi connectivity index (χ1) is 3.46. The van der Waals surface area contributed by atoms with E-state index in [2.05, 4.69) is 0 Å². The third-order valence-electron chi connectivity index (χ3n) is 0. The van der Waals surface area contributed by atoms with Crippen molar-refractivity contribution >= 4 is 11.9 Å². The summed E-state index contributed by atoms with van der Waals surface area (Å²) in [5.41, 5.74) is 0. The fourth-order valence-electron chi connectivity index (χ4n) is 0. The molecule has 5 nitrogen and oxygen atoms in total. The Bertz CT molecular complexity index is 75.3. The number of carbonyl (C=O) groups excluding carboxylic acids is 2.